The van der Waals surface area contributed by atoms with Gasteiger partial charge < -0.3 is 30.5 Å². The van der Waals surface area contributed by atoms with Gasteiger partial charge in [-0.2, -0.15) is 0 Å². The fraction of sp³-hybridized carbons (Fsp3) is 0.615. The summed E-state index contributed by atoms with van der Waals surface area (Å²) in [6.07, 6.45) is -0.150. The van der Waals surface area contributed by atoms with E-state index in [-0.39, 0.29) is 30.0 Å². The van der Waals surface area contributed by atoms with Gasteiger partial charge in [0.05, 0.1) is 30.7 Å². The number of hydrogen-bond donors (Lipinski definition) is 5. The predicted molar refractivity (Wildman–Crippen MR) is 75.5 cm³/mol. The van der Waals surface area contributed by atoms with Gasteiger partial charge in [0.15, 0.2) is 5.76 Å². The lowest BCUT2D eigenvalue weighted by molar-refractivity contribution is -0.139. The Morgan fingerprint density at radius 1 is 1.41 bits per heavy atom. The molecule has 1 aliphatic rings. The average Bonchev–Trinajstić information content (AvgIpc) is 2.44. The lowest BCUT2D eigenvalue weighted by Crippen LogP contribution is -2.46. The molecule has 0 aliphatic heterocycles. The van der Waals surface area contributed by atoms with Crippen molar-refractivity contribution in [2.24, 2.45) is 4.99 Å². The van der Waals surface area contributed by atoms with E-state index in [4.69, 9.17) is 14.9 Å². The quantitative estimate of drug-likeness (QED) is 0.399. The van der Waals surface area contributed by atoms with Crippen molar-refractivity contribution >= 4 is 17.7 Å². The van der Waals surface area contributed by atoms with Gasteiger partial charge in [-0.15, -0.1) is 0 Å². The third kappa shape index (κ3) is 4.43. The second-order valence-electron chi connectivity index (χ2n) is 5.11. The van der Waals surface area contributed by atoms with Crippen LogP contribution in [-0.2, 0) is 14.3 Å². The molecule has 0 radical (unpaired) electrons. The van der Waals surface area contributed by atoms with Crippen molar-refractivity contribution in [1.29, 1.82) is 0 Å². The molecule has 22 heavy (non-hydrogen) atoms. The predicted octanol–water partition coefficient (Wildman–Crippen LogP) is -1.05. The van der Waals surface area contributed by atoms with E-state index in [9.17, 15) is 19.8 Å². The van der Waals surface area contributed by atoms with E-state index in [1.54, 1.807) is 0 Å². The van der Waals surface area contributed by atoms with Gasteiger partial charge in [-0.05, 0) is 6.92 Å². The molecule has 0 heterocycles. The van der Waals surface area contributed by atoms with Gasteiger partial charge in [0.2, 0.25) is 0 Å². The van der Waals surface area contributed by atoms with Crippen LogP contribution < -0.4 is 5.32 Å². The Labute approximate surface area is 126 Å². The molecule has 124 valence electrons. The second kappa shape index (κ2) is 7.23. The van der Waals surface area contributed by atoms with E-state index in [0.717, 1.165) is 0 Å². The summed E-state index contributed by atoms with van der Waals surface area (Å²) in [4.78, 5) is 25.5. The fourth-order valence-electron chi connectivity index (χ4n) is 2.12. The Morgan fingerprint density at radius 2 is 2.05 bits per heavy atom. The van der Waals surface area contributed by atoms with E-state index in [1.165, 1.54) is 14.0 Å². The van der Waals surface area contributed by atoms with Crippen molar-refractivity contribution in [3.05, 3.63) is 11.5 Å². The molecule has 9 nitrogen and oxygen atoms in total. The van der Waals surface area contributed by atoms with Crippen LogP contribution in [0.5, 0.6) is 0 Å². The first-order valence-electron chi connectivity index (χ1n) is 6.57. The molecule has 0 fully saturated rings. The molecule has 2 atom stereocenters. The van der Waals surface area contributed by atoms with Gasteiger partial charge in [-0.1, -0.05) is 0 Å². The van der Waals surface area contributed by atoms with Crippen LogP contribution in [-0.4, -0.2) is 70.0 Å². The van der Waals surface area contributed by atoms with Crippen molar-refractivity contribution in [2.75, 3.05) is 20.3 Å². The summed E-state index contributed by atoms with van der Waals surface area (Å²) in [7, 11) is 1.34. The zero-order chi connectivity index (χ0) is 16.9. The van der Waals surface area contributed by atoms with Gasteiger partial charge in [-0.25, -0.2) is 0 Å². The minimum Gasteiger partial charge on any atom is -0.493 e. The van der Waals surface area contributed by atoms with Crippen LogP contribution >= 0.6 is 0 Å². The van der Waals surface area contributed by atoms with Crippen molar-refractivity contribution < 1.29 is 34.8 Å². The Kier molecular flexibility index (Phi) is 5.89. The summed E-state index contributed by atoms with van der Waals surface area (Å²) < 4.78 is 5.17. The first kappa shape index (κ1) is 17.9. The first-order valence-corrected chi connectivity index (χ1v) is 6.57. The third-order valence-corrected chi connectivity index (χ3v) is 3.20. The summed E-state index contributed by atoms with van der Waals surface area (Å²) >= 11 is 0. The topological polar surface area (TPSA) is 149 Å². The van der Waals surface area contributed by atoms with Crippen LogP contribution in [0.15, 0.2) is 16.4 Å². The molecule has 1 aliphatic carbocycles. The fourth-order valence-corrected chi connectivity index (χ4v) is 2.12. The number of rotatable bonds is 7. The van der Waals surface area contributed by atoms with Crippen molar-refractivity contribution in [1.82, 2.24) is 5.32 Å². The van der Waals surface area contributed by atoms with Crippen molar-refractivity contribution in [3.63, 3.8) is 0 Å². The minimum absolute atomic E-state index is 0.0591. The largest absolute Gasteiger partial charge is 0.493 e. The third-order valence-electron chi connectivity index (χ3n) is 3.20. The Hall–Kier alpha value is -2.13. The number of aliphatic hydroxyl groups excluding tert-OH is 1. The van der Waals surface area contributed by atoms with Crippen LogP contribution in [0.4, 0.5) is 0 Å². The molecule has 0 spiro atoms. The number of carboxylic acids is 2. The molecule has 5 N–H and O–H groups in total. The number of aliphatic carboxylic acids is 2. The molecular weight excluding hydrogens is 296 g/mol. The summed E-state index contributed by atoms with van der Waals surface area (Å²) in [6, 6.07) is -0.957. The number of aliphatic imine (C=N–C) groups is 1. The summed E-state index contributed by atoms with van der Waals surface area (Å²) in [5.74, 6) is -2.08. The smallest absolute Gasteiger partial charge is 0.325 e. The minimum atomic E-state index is -1.56. The maximum atomic E-state index is 10.9. The maximum Gasteiger partial charge on any atom is 0.325 e. The van der Waals surface area contributed by atoms with Crippen molar-refractivity contribution in [3.8, 4) is 0 Å². The van der Waals surface area contributed by atoms with Gasteiger partial charge in [0.1, 0.15) is 12.6 Å². The number of methoxy groups -OCH3 is 1. The number of aliphatic hydroxyl groups is 2. The lowest BCUT2D eigenvalue weighted by Gasteiger charge is -2.34. The zero-order valence-electron chi connectivity index (χ0n) is 12.4. The Bertz CT molecular complexity index is 515. The molecule has 0 saturated heterocycles. The molecule has 1 rings (SSSR count). The number of carboxylic acid groups (broad SMARTS) is 2. The van der Waals surface area contributed by atoms with Crippen molar-refractivity contribution in [2.45, 2.75) is 31.4 Å². The summed E-state index contributed by atoms with van der Waals surface area (Å²) in [5.41, 5.74) is -1.14. The van der Waals surface area contributed by atoms with E-state index >= 15 is 0 Å². The molecule has 0 saturated carbocycles. The molecule has 0 aromatic heterocycles. The SMILES string of the molecule is COC1=C(NC(C)C(=O)O)C[C@](O)(CO)CC1=NCC(=O)O. The Morgan fingerprint density at radius 3 is 2.50 bits per heavy atom. The van der Waals surface area contributed by atoms with Crippen LogP contribution in [0.3, 0.4) is 0 Å². The highest BCUT2D eigenvalue weighted by Crippen LogP contribution is 2.30. The van der Waals surface area contributed by atoms with Crippen LogP contribution in [0.25, 0.3) is 0 Å². The number of allylic oxidation sites excluding steroid dienone is 1. The van der Waals surface area contributed by atoms with Gasteiger partial charge in [0, 0.05) is 12.8 Å². The lowest BCUT2D eigenvalue weighted by atomic mass is 9.85. The van der Waals surface area contributed by atoms with Crippen LogP contribution in [0.1, 0.15) is 19.8 Å². The maximum absolute atomic E-state index is 10.9. The van der Waals surface area contributed by atoms with Crippen LogP contribution in [0.2, 0.25) is 0 Å². The first-order chi connectivity index (χ1) is 10.2. The van der Waals surface area contributed by atoms with Gasteiger partial charge >= 0.3 is 11.9 Å². The van der Waals surface area contributed by atoms with Gasteiger partial charge in [-0.3, -0.25) is 14.6 Å². The molecule has 9 heteroatoms. The number of ether oxygens (including phenoxy) is 1. The highest BCUT2D eigenvalue weighted by atomic mass is 16.5. The number of carbonyl (C=O) groups is 2. The Balaban J connectivity index is 3.21. The van der Waals surface area contributed by atoms with E-state index < -0.39 is 36.7 Å². The molecule has 0 bridgehead atoms. The highest BCUT2D eigenvalue weighted by Gasteiger charge is 2.38. The van der Waals surface area contributed by atoms with E-state index in [2.05, 4.69) is 10.3 Å². The van der Waals surface area contributed by atoms with E-state index in [0.29, 0.717) is 0 Å². The standard InChI is InChI=1S/C13H20N2O7/c1-7(12(19)20)15-9-4-13(21,6-16)3-8(11(9)22-2)14-5-10(17)18/h7,15-16,21H,3-6H2,1-2H3,(H,17,18)(H,19,20)/t7?,13-/m0/s1. The number of hydrogen-bond acceptors (Lipinski definition) is 7. The number of nitrogens with one attached hydrogen (secondary N) is 1. The normalized spacial score (nSPS) is 25.0. The monoisotopic (exact) mass is 316 g/mol. The van der Waals surface area contributed by atoms with E-state index in [1.807, 2.05) is 0 Å². The highest BCUT2D eigenvalue weighted by molar-refractivity contribution is 6.01. The van der Waals surface area contributed by atoms with Crippen LogP contribution in [0, 0.1) is 0 Å². The molecule has 0 aromatic carbocycles. The van der Waals surface area contributed by atoms with Gasteiger partial charge in [0.25, 0.3) is 0 Å². The average molecular weight is 316 g/mol. The summed E-state index contributed by atoms with van der Waals surface area (Å²) in [5, 5.41) is 40.0. The number of nitrogens with zero attached hydrogens (tertiary/aromatic N) is 1. The molecular formula is C13H20N2O7. The molecule has 1 unspecified atom stereocenters. The second-order valence-corrected chi connectivity index (χ2v) is 5.11. The molecule has 0 amide bonds. The summed E-state index contributed by atoms with van der Waals surface area (Å²) in [6.45, 7) is 0.303. The zero-order valence-corrected chi connectivity index (χ0v) is 12.4. The molecule has 0 aromatic rings.